The Labute approximate surface area is 612 Å². The summed E-state index contributed by atoms with van der Waals surface area (Å²) in [6, 6.07) is 23.9. The van der Waals surface area contributed by atoms with Crippen LogP contribution in [0, 0.1) is 23.7 Å². The maximum Gasteiger partial charge on any atom is 0.407 e. The molecule has 6 amide bonds. The standard InChI is InChI=1S/C82H118N6O15/c1-17-18-19-20-21-22-23-24-25-30-61(49-71(90)84-67(75(92)86-69(48-53(4)5)79(96)103-82(12,13)14)45-46-70(89)87-74(56-36-41-59(98-15)42-37-56)57-38-43-60(99-16)44-39-57)101-78(95)55(8)35-40-58(47-52(2)3)83-76(93)68(50-72(91)102-81(9,10)11)85-77(94)73(54(6)7)88-80(97)100-51-66-64-33-28-26-31-62(64)63-32-27-29-34-65(63)66/h26-29,31-44,52-55,58,61,66-69,73-74H,17-25,30,45-51H2,1-16H3,(H,83,93)(H,84,90)(H,85,94)(H,86,92)(H,87,89)(H,88,97)/b40-35+/t55-,58-,61?,67?,68?,69?,73?/m0/s1. The number of amides is 6. The number of carbonyl (C=O) groups excluding carboxylic acids is 9. The SMILES string of the molecule is CCCCCCCCCCCC(CC(=O)NC(CCC(=O)NC(c1ccc(OC)cc1)c1ccc(OC)cc1)C(=O)NC(CC(C)C)C(=O)OC(C)(C)C)OC(=O)[C@@H](C)/C=C/[C@@H](CC(C)C)NC(=O)C(CC(=O)OC(C)(C)C)NC(=O)C(NC(=O)OCC1c2ccccc2-c2ccccc21)C(C)C. The lowest BCUT2D eigenvalue weighted by molar-refractivity contribution is -0.159. The molecule has 0 saturated carbocycles. The monoisotopic (exact) mass is 1430 g/mol. The van der Waals surface area contributed by atoms with Crippen LogP contribution in [0.3, 0.4) is 0 Å². The zero-order valence-corrected chi connectivity index (χ0v) is 64.0. The fourth-order valence-electron chi connectivity index (χ4n) is 12.4. The van der Waals surface area contributed by atoms with Gasteiger partial charge in [0.05, 0.1) is 39.0 Å². The summed E-state index contributed by atoms with van der Waals surface area (Å²) in [6.07, 6.45) is 10.2. The molecule has 7 atom stereocenters. The van der Waals surface area contributed by atoms with E-state index < -0.39 is 125 Å². The Morgan fingerprint density at radius 2 is 1.01 bits per heavy atom. The molecule has 6 N–H and O–H groups in total. The van der Waals surface area contributed by atoms with Gasteiger partial charge in [-0.05, 0) is 156 Å². The summed E-state index contributed by atoms with van der Waals surface area (Å²) in [4.78, 5) is 127. The van der Waals surface area contributed by atoms with Crippen molar-refractivity contribution >= 4 is 53.5 Å². The highest BCUT2D eigenvalue weighted by molar-refractivity contribution is 5.94. The van der Waals surface area contributed by atoms with E-state index in [1.54, 1.807) is 113 Å². The zero-order valence-electron chi connectivity index (χ0n) is 64.0. The van der Waals surface area contributed by atoms with Gasteiger partial charge >= 0.3 is 24.0 Å². The molecule has 5 unspecified atom stereocenters. The van der Waals surface area contributed by atoms with Gasteiger partial charge in [0.25, 0.3) is 0 Å². The van der Waals surface area contributed by atoms with Crippen LogP contribution in [0.4, 0.5) is 4.79 Å². The normalized spacial score (nSPS) is 14.3. The van der Waals surface area contributed by atoms with Crippen LogP contribution in [-0.2, 0) is 57.3 Å². The summed E-state index contributed by atoms with van der Waals surface area (Å²) in [5, 5.41) is 17.2. The molecule has 21 heteroatoms. The maximum absolute atomic E-state index is 14.6. The molecule has 566 valence electrons. The van der Waals surface area contributed by atoms with Gasteiger partial charge in [0.15, 0.2) is 0 Å². The molecule has 4 aromatic carbocycles. The van der Waals surface area contributed by atoms with Gasteiger partial charge in [-0.1, -0.05) is 185 Å². The van der Waals surface area contributed by atoms with Crippen LogP contribution >= 0.6 is 0 Å². The predicted molar refractivity (Wildman–Crippen MR) is 400 cm³/mol. The number of nitrogens with one attached hydrogen (secondary N) is 6. The third-order valence-corrected chi connectivity index (χ3v) is 17.6. The largest absolute Gasteiger partial charge is 0.497 e. The number of rotatable bonds is 42. The molecule has 5 rings (SSSR count). The topological polar surface area (TPSA) is 281 Å². The molecular weight excluding hydrogens is 1310 g/mol. The van der Waals surface area contributed by atoms with E-state index in [1.165, 1.54) is 12.8 Å². The minimum absolute atomic E-state index is 0.00240. The number of esters is 3. The number of benzene rings is 4. The molecule has 0 radical (unpaired) electrons. The molecule has 103 heavy (non-hydrogen) atoms. The van der Waals surface area contributed by atoms with Gasteiger partial charge in [0, 0.05) is 18.4 Å². The second-order valence-corrected chi connectivity index (χ2v) is 30.3. The smallest absolute Gasteiger partial charge is 0.407 e. The highest BCUT2D eigenvalue weighted by Gasteiger charge is 2.36. The van der Waals surface area contributed by atoms with Crippen molar-refractivity contribution in [3.8, 4) is 22.6 Å². The van der Waals surface area contributed by atoms with E-state index in [0.29, 0.717) is 30.8 Å². The minimum Gasteiger partial charge on any atom is -0.497 e. The van der Waals surface area contributed by atoms with Crippen LogP contribution < -0.4 is 41.4 Å². The molecule has 21 nitrogen and oxygen atoms in total. The van der Waals surface area contributed by atoms with Gasteiger partial charge in [0.1, 0.15) is 59.6 Å². The van der Waals surface area contributed by atoms with Gasteiger partial charge in [-0.3, -0.25) is 33.6 Å². The summed E-state index contributed by atoms with van der Waals surface area (Å²) >= 11 is 0. The lowest BCUT2D eigenvalue weighted by Gasteiger charge is -2.28. The molecular formula is C82H118N6O15. The summed E-state index contributed by atoms with van der Waals surface area (Å²) in [5.41, 5.74) is 3.84. The fourth-order valence-corrected chi connectivity index (χ4v) is 12.4. The van der Waals surface area contributed by atoms with Crippen molar-refractivity contribution in [1.29, 1.82) is 0 Å². The first kappa shape index (κ1) is 84.9. The van der Waals surface area contributed by atoms with Crippen molar-refractivity contribution in [2.24, 2.45) is 23.7 Å². The third-order valence-electron chi connectivity index (χ3n) is 17.6. The molecule has 4 aromatic rings. The van der Waals surface area contributed by atoms with Crippen molar-refractivity contribution in [3.63, 3.8) is 0 Å². The molecule has 1 aliphatic rings. The van der Waals surface area contributed by atoms with Gasteiger partial charge in [-0.15, -0.1) is 0 Å². The predicted octanol–water partition coefficient (Wildman–Crippen LogP) is 13.8. The average molecular weight is 1430 g/mol. The van der Waals surface area contributed by atoms with Crippen molar-refractivity contribution in [2.45, 2.75) is 259 Å². The number of fused-ring (bicyclic) bond motifs is 3. The van der Waals surface area contributed by atoms with Gasteiger partial charge in [-0.25, -0.2) is 9.59 Å². The van der Waals surface area contributed by atoms with Crippen LogP contribution in [0.1, 0.15) is 234 Å². The first-order chi connectivity index (χ1) is 48.8. The van der Waals surface area contributed by atoms with Crippen LogP contribution in [-0.4, -0.2) is 122 Å². The molecule has 0 aromatic heterocycles. The van der Waals surface area contributed by atoms with Crippen molar-refractivity contribution < 1.29 is 71.6 Å². The van der Waals surface area contributed by atoms with E-state index in [1.807, 2.05) is 100 Å². The number of carbonyl (C=O) groups is 9. The molecule has 0 heterocycles. The molecule has 0 spiro atoms. The molecule has 0 saturated heterocycles. The Balaban J connectivity index is 1.36. The lowest BCUT2D eigenvalue weighted by atomic mass is 9.97. The fraction of sp³-hybridized carbons (Fsp3) is 0.573. The van der Waals surface area contributed by atoms with E-state index in [0.717, 1.165) is 71.9 Å². The number of ether oxygens (including phenoxy) is 6. The average Bonchev–Trinajstić information content (AvgIpc) is 1.62. The Hall–Kier alpha value is -8.75. The van der Waals surface area contributed by atoms with Crippen LogP contribution in [0.2, 0.25) is 0 Å². The van der Waals surface area contributed by atoms with Crippen LogP contribution in [0.5, 0.6) is 11.5 Å². The first-order valence-corrected chi connectivity index (χ1v) is 37.0. The van der Waals surface area contributed by atoms with E-state index in [2.05, 4.69) is 38.8 Å². The van der Waals surface area contributed by atoms with Crippen LogP contribution in [0.15, 0.2) is 109 Å². The Morgan fingerprint density at radius 3 is 1.52 bits per heavy atom. The number of methoxy groups -OCH3 is 2. The Bertz CT molecular complexity index is 3320. The van der Waals surface area contributed by atoms with Crippen molar-refractivity contribution in [3.05, 3.63) is 131 Å². The Kier molecular flexibility index (Phi) is 34.7. The van der Waals surface area contributed by atoms with Crippen LogP contribution in [0.25, 0.3) is 11.1 Å². The van der Waals surface area contributed by atoms with Gasteiger partial charge < -0.3 is 60.3 Å². The Morgan fingerprint density at radius 1 is 0.495 bits per heavy atom. The number of unbranched alkanes of at least 4 members (excludes halogenated alkanes) is 8. The second-order valence-electron chi connectivity index (χ2n) is 30.3. The maximum atomic E-state index is 14.6. The lowest BCUT2D eigenvalue weighted by Crippen LogP contribution is -2.57. The van der Waals surface area contributed by atoms with E-state index in [4.69, 9.17) is 28.4 Å². The zero-order chi connectivity index (χ0) is 76.0. The number of alkyl carbamates (subject to hydrolysis) is 1. The molecule has 0 bridgehead atoms. The van der Waals surface area contributed by atoms with Gasteiger partial charge in [0.2, 0.25) is 29.5 Å². The van der Waals surface area contributed by atoms with E-state index >= 15 is 0 Å². The summed E-state index contributed by atoms with van der Waals surface area (Å²) in [5.74, 6) is -5.78. The summed E-state index contributed by atoms with van der Waals surface area (Å²) < 4.78 is 34.2. The van der Waals surface area contributed by atoms with E-state index in [-0.39, 0.29) is 50.0 Å². The molecule has 0 fully saturated rings. The number of hydrogen-bond acceptors (Lipinski definition) is 15. The molecule has 1 aliphatic carbocycles. The summed E-state index contributed by atoms with van der Waals surface area (Å²) in [6.45, 7) is 25.2. The number of hydrogen-bond donors (Lipinski definition) is 6. The van der Waals surface area contributed by atoms with E-state index in [9.17, 15) is 43.2 Å². The quantitative estimate of drug-likeness (QED) is 0.0104. The van der Waals surface area contributed by atoms with Gasteiger partial charge in [-0.2, -0.15) is 0 Å². The van der Waals surface area contributed by atoms with Crippen molar-refractivity contribution in [1.82, 2.24) is 31.9 Å². The highest BCUT2D eigenvalue weighted by Crippen LogP contribution is 2.44. The second kappa shape index (κ2) is 42.1. The first-order valence-electron chi connectivity index (χ1n) is 37.0. The minimum atomic E-state index is -1.47. The third kappa shape index (κ3) is 29.9. The van der Waals surface area contributed by atoms with Crippen molar-refractivity contribution in [2.75, 3.05) is 20.8 Å². The highest BCUT2D eigenvalue weighted by atomic mass is 16.6. The molecule has 0 aliphatic heterocycles. The summed E-state index contributed by atoms with van der Waals surface area (Å²) in [7, 11) is 3.12.